The van der Waals surface area contributed by atoms with Gasteiger partial charge in [-0.25, -0.2) is 0 Å². The normalized spacial score (nSPS) is 29.2. The van der Waals surface area contributed by atoms with Gasteiger partial charge < -0.3 is 5.32 Å². The lowest BCUT2D eigenvalue weighted by Crippen LogP contribution is -2.50. The van der Waals surface area contributed by atoms with Gasteiger partial charge in [0, 0.05) is 10.2 Å². The fourth-order valence-electron chi connectivity index (χ4n) is 3.55. The molecule has 21 heavy (non-hydrogen) atoms. The van der Waals surface area contributed by atoms with Crippen molar-refractivity contribution in [2.75, 3.05) is 5.32 Å². The molecule has 0 amide bonds. The van der Waals surface area contributed by atoms with Crippen LogP contribution in [0.4, 0.5) is 5.69 Å². The minimum Gasteiger partial charge on any atom is -0.367 e. The predicted octanol–water partition coefficient (Wildman–Crippen LogP) is 5.87. The maximum atomic E-state index is 9.91. The third kappa shape index (κ3) is 3.55. The van der Waals surface area contributed by atoms with Gasteiger partial charge in [-0.1, -0.05) is 38.8 Å². The molecule has 0 bridgehead atoms. The fourth-order valence-corrected chi connectivity index (χ4v) is 4.04. The van der Waals surface area contributed by atoms with Crippen LogP contribution in [-0.4, -0.2) is 5.54 Å². The van der Waals surface area contributed by atoms with Crippen LogP contribution in [0.5, 0.6) is 0 Å². The Labute approximate surface area is 141 Å². The van der Waals surface area contributed by atoms with Gasteiger partial charge in [0.2, 0.25) is 0 Å². The van der Waals surface area contributed by atoms with Gasteiger partial charge in [0.05, 0.1) is 11.1 Å². The van der Waals surface area contributed by atoms with E-state index in [1.54, 1.807) is 0 Å². The molecule has 2 nitrogen and oxygen atoms in total. The first-order chi connectivity index (χ1) is 9.88. The van der Waals surface area contributed by atoms with Crippen LogP contribution in [0.3, 0.4) is 0 Å². The Hall–Kier alpha value is -0.720. The molecule has 0 aliphatic heterocycles. The second-order valence-electron chi connectivity index (χ2n) is 6.57. The molecule has 4 heteroatoms. The van der Waals surface area contributed by atoms with Gasteiger partial charge >= 0.3 is 0 Å². The molecule has 114 valence electrons. The fraction of sp³-hybridized carbons (Fsp3) is 0.588. The van der Waals surface area contributed by atoms with Gasteiger partial charge in [0.1, 0.15) is 5.54 Å². The van der Waals surface area contributed by atoms with Crippen molar-refractivity contribution >= 4 is 33.2 Å². The summed E-state index contributed by atoms with van der Waals surface area (Å²) in [4.78, 5) is 0. The highest BCUT2D eigenvalue weighted by atomic mass is 79.9. The quantitative estimate of drug-likeness (QED) is 0.723. The molecule has 0 saturated heterocycles. The molecule has 0 spiro atoms. The highest BCUT2D eigenvalue weighted by Gasteiger charge is 2.44. The summed E-state index contributed by atoms with van der Waals surface area (Å²) in [5, 5.41) is 14.1. The van der Waals surface area contributed by atoms with E-state index in [-0.39, 0.29) is 0 Å². The topological polar surface area (TPSA) is 35.8 Å². The summed E-state index contributed by atoms with van der Waals surface area (Å²) in [5.74, 6) is 1.43. The molecule has 3 unspecified atom stereocenters. The summed E-state index contributed by atoms with van der Waals surface area (Å²) in [6, 6.07) is 8.36. The lowest BCUT2D eigenvalue weighted by atomic mass is 9.65. The van der Waals surface area contributed by atoms with E-state index in [1.165, 1.54) is 6.42 Å². The largest absolute Gasteiger partial charge is 0.367 e. The van der Waals surface area contributed by atoms with Crippen molar-refractivity contribution in [1.29, 1.82) is 5.26 Å². The monoisotopic (exact) mass is 368 g/mol. The first-order valence-electron chi connectivity index (χ1n) is 7.52. The summed E-state index contributed by atoms with van der Waals surface area (Å²) in [7, 11) is 0. The SMILES string of the molecule is CC1CCC(C(C)C)C(C#N)(Nc2ccc(Cl)c(Br)c2)C1. The Bertz CT molecular complexity index is 552. The lowest BCUT2D eigenvalue weighted by Gasteiger charge is -2.44. The number of hydrogen-bond acceptors (Lipinski definition) is 2. The second-order valence-corrected chi connectivity index (χ2v) is 7.84. The highest BCUT2D eigenvalue weighted by molar-refractivity contribution is 9.10. The highest BCUT2D eigenvalue weighted by Crippen LogP contribution is 2.43. The molecule has 0 radical (unpaired) electrons. The average molecular weight is 370 g/mol. The zero-order valence-electron chi connectivity index (χ0n) is 12.8. The van der Waals surface area contributed by atoms with Crippen molar-refractivity contribution in [2.24, 2.45) is 17.8 Å². The summed E-state index contributed by atoms with van der Waals surface area (Å²) < 4.78 is 0.854. The zero-order valence-corrected chi connectivity index (χ0v) is 15.1. The summed E-state index contributed by atoms with van der Waals surface area (Å²) in [5.41, 5.74) is 0.464. The molecule has 1 saturated carbocycles. The molecule has 1 aliphatic rings. The van der Waals surface area contributed by atoms with Gasteiger partial charge in [0.15, 0.2) is 0 Å². The van der Waals surface area contributed by atoms with Crippen LogP contribution in [0.25, 0.3) is 0 Å². The average Bonchev–Trinajstić information content (AvgIpc) is 2.42. The molecule has 1 aromatic rings. The Kier molecular flexibility index (Phi) is 5.22. The number of benzene rings is 1. The Morgan fingerprint density at radius 3 is 2.71 bits per heavy atom. The first-order valence-corrected chi connectivity index (χ1v) is 8.69. The molecule has 1 fully saturated rings. The molecule has 0 aromatic heterocycles. The molecule has 0 heterocycles. The summed E-state index contributed by atoms with van der Waals surface area (Å²) in [6.45, 7) is 6.67. The Balaban J connectivity index is 2.33. The molecular weight excluding hydrogens is 348 g/mol. The zero-order chi connectivity index (χ0) is 15.6. The molecular formula is C17H22BrClN2. The second kappa shape index (κ2) is 6.58. The lowest BCUT2D eigenvalue weighted by molar-refractivity contribution is 0.167. The van der Waals surface area contributed by atoms with E-state index >= 15 is 0 Å². The molecule has 1 aromatic carbocycles. The number of nitrogens with one attached hydrogen (secondary N) is 1. The number of nitriles is 1. The van der Waals surface area contributed by atoms with Gasteiger partial charge in [-0.2, -0.15) is 5.26 Å². The number of halogens is 2. The molecule has 2 rings (SSSR count). The van der Waals surface area contributed by atoms with Gasteiger partial charge in [0.25, 0.3) is 0 Å². The van der Waals surface area contributed by atoms with Crippen LogP contribution in [0.15, 0.2) is 22.7 Å². The van der Waals surface area contributed by atoms with Crippen LogP contribution >= 0.6 is 27.5 Å². The van der Waals surface area contributed by atoms with Crippen molar-refractivity contribution < 1.29 is 0 Å². The molecule has 3 atom stereocenters. The minimum atomic E-state index is -0.487. The van der Waals surface area contributed by atoms with E-state index in [0.29, 0.717) is 22.8 Å². The molecule has 1 N–H and O–H groups in total. The van der Waals surface area contributed by atoms with Crippen LogP contribution in [0, 0.1) is 29.1 Å². The number of rotatable bonds is 3. The van der Waals surface area contributed by atoms with Gasteiger partial charge in [-0.15, -0.1) is 0 Å². The van der Waals surface area contributed by atoms with Gasteiger partial charge in [-0.3, -0.25) is 0 Å². The minimum absolute atomic E-state index is 0.369. The van der Waals surface area contributed by atoms with Crippen LogP contribution in [-0.2, 0) is 0 Å². The van der Waals surface area contributed by atoms with Crippen LogP contribution < -0.4 is 5.32 Å². The Morgan fingerprint density at radius 1 is 1.43 bits per heavy atom. The third-order valence-corrected chi connectivity index (χ3v) is 5.78. The van der Waals surface area contributed by atoms with Gasteiger partial charge in [-0.05, 0) is 64.7 Å². The first kappa shape index (κ1) is 16.6. The van der Waals surface area contributed by atoms with Crippen molar-refractivity contribution in [3.8, 4) is 6.07 Å². The van der Waals surface area contributed by atoms with E-state index in [2.05, 4.69) is 48.1 Å². The van der Waals surface area contributed by atoms with Crippen molar-refractivity contribution in [3.05, 3.63) is 27.7 Å². The number of anilines is 1. The summed E-state index contributed by atoms with van der Waals surface area (Å²) in [6.07, 6.45) is 3.21. The van der Waals surface area contributed by atoms with E-state index in [1.807, 2.05) is 18.2 Å². The van der Waals surface area contributed by atoms with Crippen LogP contribution in [0.2, 0.25) is 5.02 Å². The molecule has 1 aliphatic carbocycles. The maximum Gasteiger partial charge on any atom is 0.128 e. The van der Waals surface area contributed by atoms with Crippen molar-refractivity contribution in [1.82, 2.24) is 0 Å². The standard InChI is InChI=1S/C17H22BrClN2/c1-11(2)14-6-4-12(3)9-17(14,10-20)21-13-5-7-16(19)15(18)8-13/h5,7-8,11-12,14,21H,4,6,9H2,1-3H3. The van der Waals surface area contributed by atoms with E-state index in [4.69, 9.17) is 11.6 Å². The van der Waals surface area contributed by atoms with Crippen molar-refractivity contribution in [2.45, 2.75) is 45.6 Å². The third-order valence-electron chi connectivity index (χ3n) is 4.57. The number of hydrogen-bond donors (Lipinski definition) is 1. The smallest absolute Gasteiger partial charge is 0.128 e. The van der Waals surface area contributed by atoms with E-state index in [0.717, 1.165) is 23.0 Å². The maximum absolute atomic E-state index is 9.91. The number of nitrogens with zero attached hydrogens (tertiary/aromatic N) is 1. The van der Waals surface area contributed by atoms with E-state index in [9.17, 15) is 5.26 Å². The Morgan fingerprint density at radius 2 is 2.14 bits per heavy atom. The predicted molar refractivity (Wildman–Crippen MR) is 92.5 cm³/mol. The summed E-state index contributed by atoms with van der Waals surface area (Å²) >= 11 is 9.51. The van der Waals surface area contributed by atoms with Crippen molar-refractivity contribution in [3.63, 3.8) is 0 Å². The van der Waals surface area contributed by atoms with Crippen LogP contribution in [0.1, 0.15) is 40.0 Å². The van der Waals surface area contributed by atoms with E-state index < -0.39 is 5.54 Å².